The van der Waals surface area contributed by atoms with Crippen molar-refractivity contribution in [3.8, 4) is 0 Å². The maximum atomic E-state index is 12.7. The van der Waals surface area contributed by atoms with Crippen LogP contribution in [-0.2, 0) is 21.4 Å². The van der Waals surface area contributed by atoms with Gasteiger partial charge in [-0.1, -0.05) is 18.7 Å². The zero-order valence-electron chi connectivity index (χ0n) is 15.1. The number of rotatable bonds is 6. The number of benzene rings is 1. The molecule has 2 amide bonds. The molecule has 0 bridgehead atoms. The third kappa shape index (κ3) is 4.70. The van der Waals surface area contributed by atoms with E-state index in [2.05, 4.69) is 11.9 Å². The lowest BCUT2D eigenvalue weighted by atomic mass is 10.1. The lowest BCUT2D eigenvalue weighted by Crippen LogP contribution is -2.55. The van der Waals surface area contributed by atoms with Gasteiger partial charge in [0, 0.05) is 37.8 Å². The van der Waals surface area contributed by atoms with Crippen molar-refractivity contribution < 1.29 is 18.0 Å². The Morgan fingerprint density at radius 2 is 1.92 bits per heavy atom. The van der Waals surface area contributed by atoms with Crippen LogP contribution in [0.1, 0.15) is 29.8 Å². The minimum atomic E-state index is -3.24. The predicted octanol–water partition coefficient (Wildman–Crippen LogP) is 0.985. The van der Waals surface area contributed by atoms with Crippen LogP contribution in [0.25, 0.3) is 0 Å². The van der Waals surface area contributed by atoms with E-state index in [1.54, 1.807) is 36.1 Å². The van der Waals surface area contributed by atoms with Gasteiger partial charge < -0.3 is 10.2 Å². The molecule has 2 rings (SSSR count). The first kappa shape index (κ1) is 20.1. The second-order valence-corrected chi connectivity index (χ2v) is 8.48. The van der Waals surface area contributed by atoms with Gasteiger partial charge in [0.1, 0.15) is 0 Å². The highest BCUT2D eigenvalue weighted by Gasteiger charge is 2.32. The van der Waals surface area contributed by atoms with Crippen molar-refractivity contribution in [2.24, 2.45) is 0 Å². The maximum Gasteiger partial charge on any atom is 0.254 e. The molecule has 1 aliphatic heterocycles. The largest absolute Gasteiger partial charge is 0.348 e. The lowest BCUT2D eigenvalue weighted by molar-refractivity contribution is -0.116. The molecule has 142 valence electrons. The van der Waals surface area contributed by atoms with Crippen LogP contribution in [0, 0.1) is 0 Å². The average molecular weight is 379 g/mol. The van der Waals surface area contributed by atoms with Gasteiger partial charge in [0.15, 0.2) is 0 Å². The standard InChI is InChI=1S/C18H25N3O4S/c1-4-17(22)19-12-15-6-8-16(9-7-15)18(23)21-11-10-20(13-14(21)3)26(24,25)5-2/h4,6-9,14H,1,5,10-13H2,2-3H3,(H,19,22)/t14-/m1/s1. The second-order valence-electron chi connectivity index (χ2n) is 6.22. The summed E-state index contributed by atoms with van der Waals surface area (Å²) < 4.78 is 25.5. The molecule has 8 heteroatoms. The van der Waals surface area contributed by atoms with Gasteiger partial charge in [-0.25, -0.2) is 8.42 Å². The summed E-state index contributed by atoms with van der Waals surface area (Å²) in [6, 6.07) is 6.83. The Labute approximate surface area is 154 Å². The topological polar surface area (TPSA) is 86.8 Å². The first-order valence-electron chi connectivity index (χ1n) is 8.56. The molecule has 1 heterocycles. The molecule has 26 heavy (non-hydrogen) atoms. The number of carbonyl (C=O) groups excluding carboxylic acids is 2. The molecular formula is C18H25N3O4S. The van der Waals surface area contributed by atoms with Gasteiger partial charge in [0.25, 0.3) is 5.91 Å². The molecule has 1 aliphatic rings. The molecule has 0 aliphatic carbocycles. The van der Waals surface area contributed by atoms with Crippen LogP contribution in [0.4, 0.5) is 0 Å². The predicted molar refractivity (Wildman–Crippen MR) is 100 cm³/mol. The van der Waals surface area contributed by atoms with Crippen molar-refractivity contribution in [2.75, 3.05) is 25.4 Å². The number of nitrogens with one attached hydrogen (secondary N) is 1. The summed E-state index contributed by atoms with van der Waals surface area (Å²) in [5.74, 6) is -0.302. The summed E-state index contributed by atoms with van der Waals surface area (Å²) in [6.45, 7) is 8.23. The molecule has 1 fully saturated rings. The summed E-state index contributed by atoms with van der Waals surface area (Å²) in [7, 11) is -3.24. The van der Waals surface area contributed by atoms with Gasteiger partial charge in [0.05, 0.1) is 5.75 Å². The Hall–Kier alpha value is -2.19. The number of nitrogens with zero attached hydrogens (tertiary/aromatic N) is 2. The zero-order chi connectivity index (χ0) is 19.3. The first-order valence-corrected chi connectivity index (χ1v) is 10.2. The highest BCUT2D eigenvalue weighted by Crippen LogP contribution is 2.17. The number of hydrogen-bond donors (Lipinski definition) is 1. The summed E-state index contributed by atoms with van der Waals surface area (Å²) >= 11 is 0. The van der Waals surface area contributed by atoms with Crippen LogP contribution < -0.4 is 5.32 Å². The zero-order valence-corrected chi connectivity index (χ0v) is 16.0. The average Bonchev–Trinajstić information content (AvgIpc) is 2.65. The van der Waals surface area contributed by atoms with E-state index in [4.69, 9.17) is 0 Å². The highest BCUT2D eigenvalue weighted by molar-refractivity contribution is 7.89. The molecule has 0 unspecified atom stereocenters. The van der Waals surface area contributed by atoms with Crippen molar-refractivity contribution in [1.82, 2.24) is 14.5 Å². The first-order chi connectivity index (χ1) is 12.3. The molecular weight excluding hydrogens is 354 g/mol. The maximum absolute atomic E-state index is 12.7. The molecule has 0 radical (unpaired) electrons. The van der Waals surface area contributed by atoms with Crippen LogP contribution in [0.3, 0.4) is 0 Å². The molecule has 1 aromatic rings. The fourth-order valence-electron chi connectivity index (χ4n) is 2.85. The second kappa shape index (κ2) is 8.46. The van der Waals surface area contributed by atoms with Crippen LogP contribution in [0.2, 0.25) is 0 Å². The van der Waals surface area contributed by atoms with Gasteiger partial charge in [-0.3, -0.25) is 9.59 Å². The fraction of sp³-hybridized carbons (Fsp3) is 0.444. The summed E-state index contributed by atoms with van der Waals surface area (Å²) in [5, 5.41) is 2.68. The van der Waals surface area contributed by atoms with E-state index in [0.29, 0.717) is 31.7 Å². The monoisotopic (exact) mass is 379 g/mol. The molecule has 0 saturated carbocycles. The van der Waals surface area contributed by atoms with Crippen molar-refractivity contribution in [3.63, 3.8) is 0 Å². The van der Waals surface area contributed by atoms with Crippen LogP contribution in [-0.4, -0.2) is 60.9 Å². The lowest BCUT2D eigenvalue weighted by Gasteiger charge is -2.39. The van der Waals surface area contributed by atoms with E-state index < -0.39 is 10.0 Å². The Balaban J connectivity index is 2.01. The molecule has 0 spiro atoms. The van der Waals surface area contributed by atoms with Crippen molar-refractivity contribution in [1.29, 1.82) is 0 Å². The summed E-state index contributed by atoms with van der Waals surface area (Å²) in [4.78, 5) is 25.6. The van der Waals surface area contributed by atoms with Crippen molar-refractivity contribution in [2.45, 2.75) is 26.4 Å². The molecule has 1 aromatic carbocycles. The minimum Gasteiger partial charge on any atom is -0.348 e. The van der Waals surface area contributed by atoms with E-state index in [-0.39, 0.29) is 23.6 Å². The normalized spacial score (nSPS) is 18.4. The molecule has 7 nitrogen and oxygen atoms in total. The number of amides is 2. The fourth-order valence-corrected chi connectivity index (χ4v) is 4.02. The van der Waals surface area contributed by atoms with Crippen LogP contribution >= 0.6 is 0 Å². The smallest absolute Gasteiger partial charge is 0.254 e. The quantitative estimate of drug-likeness (QED) is 0.747. The number of piperazine rings is 1. The van der Waals surface area contributed by atoms with E-state index >= 15 is 0 Å². The van der Waals surface area contributed by atoms with Gasteiger partial charge in [-0.05, 0) is 37.6 Å². The number of sulfonamides is 1. The Morgan fingerprint density at radius 1 is 1.27 bits per heavy atom. The van der Waals surface area contributed by atoms with E-state index in [1.165, 1.54) is 10.4 Å². The minimum absolute atomic E-state index is 0.0670. The number of carbonyl (C=O) groups is 2. The van der Waals surface area contributed by atoms with Gasteiger partial charge >= 0.3 is 0 Å². The van der Waals surface area contributed by atoms with Crippen molar-refractivity contribution >= 4 is 21.8 Å². The van der Waals surface area contributed by atoms with Gasteiger partial charge in [-0.2, -0.15) is 4.31 Å². The Bertz CT molecular complexity index is 774. The third-order valence-corrected chi connectivity index (χ3v) is 6.31. The number of hydrogen-bond acceptors (Lipinski definition) is 4. The molecule has 1 N–H and O–H groups in total. The Morgan fingerprint density at radius 3 is 2.46 bits per heavy atom. The van der Waals surface area contributed by atoms with Crippen LogP contribution in [0.5, 0.6) is 0 Å². The van der Waals surface area contributed by atoms with E-state index in [9.17, 15) is 18.0 Å². The summed E-state index contributed by atoms with van der Waals surface area (Å²) in [6.07, 6.45) is 1.21. The molecule has 0 aromatic heterocycles. The molecule has 1 atom stereocenters. The van der Waals surface area contributed by atoms with Gasteiger partial charge in [0.2, 0.25) is 15.9 Å². The molecule has 1 saturated heterocycles. The third-order valence-electron chi connectivity index (χ3n) is 4.46. The highest BCUT2D eigenvalue weighted by atomic mass is 32.2. The van der Waals surface area contributed by atoms with Gasteiger partial charge in [-0.15, -0.1) is 0 Å². The van der Waals surface area contributed by atoms with Crippen LogP contribution in [0.15, 0.2) is 36.9 Å². The van der Waals surface area contributed by atoms with E-state index in [1.807, 2.05) is 6.92 Å². The Kier molecular flexibility index (Phi) is 6.55. The van der Waals surface area contributed by atoms with Crippen molar-refractivity contribution in [3.05, 3.63) is 48.0 Å². The van der Waals surface area contributed by atoms with E-state index in [0.717, 1.165) is 5.56 Å². The SMILES string of the molecule is C=CC(=O)NCc1ccc(C(=O)N2CCN(S(=O)(=O)CC)C[C@H]2C)cc1. The summed E-state index contributed by atoms with van der Waals surface area (Å²) in [5.41, 5.74) is 1.42.